The van der Waals surface area contributed by atoms with E-state index in [1.54, 1.807) is 0 Å². The molecule has 0 saturated heterocycles. The standard InChI is InChI=1S/C27H30F2N3O4P/c1-17-5-10-22-23-15-19(16-31-25(23)26(30)32-24(22)13-17)6-7-20-8-9-21(14-18(20)2)36-12-4-3-11-27(28,29)37(33,34)35/h5,8-10,13-16H,3-4,6-7,11-12H2,1-2H3,(H2,30,32)(H2,33,34,35). The van der Waals surface area contributed by atoms with E-state index in [9.17, 15) is 13.3 Å². The predicted molar refractivity (Wildman–Crippen MR) is 141 cm³/mol. The molecule has 2 aromatic heterocycles. The van der Waals surface area contributed by atoms with Gasteiger partial charge in [-0.3, -0.25) is 9.55 Å². The van der Waals surface area contributed by atoms with Crippen molar-refractivity contribution in [2.75, 3.05) is 12.3 Å². The highest BCUT2D eigenvalue weighted by Crippen LogP contribution is 2.55. The highest BCUT2D eigenvalue weighted by molar-refractivity contribution is 7.53. The van der Waals surface area contributed by atoms with Crippen molar-refractivity contribution in [1.29, 1.82) is 0 Å². The molecule has 0 aliphatic carbocycles. The van der Waals surface area contributed by atoms with Gasteiger partial charge in [0.1, 0.15) is 11.3 Å². The summed E-state index contributed by atoms with van der Waals surface area (Å²) < 4.78 is 43.1. The molecule has 37 heavy (non-hydrogen) atoms. The van der Waals surface area contributed by atoms with Crippen molar-refractivity contribution in [2.24, 2.45) is 0 Å². The monoisotopic (exact) mass is 529 g/mol. The zero-order valence-electron chi connectivity index (χ0n) is 20.7. The van der Waals surface area contributed by atoms with Gasteiger partial charge in [-0.05, 0) is 86.1 Å². The molecule has 0 aliphatic rings. The Kier molecular flexibility index (Phi) is 7.78. The molecule has 0 aliphatic heterocycles. The molecular formula is C27H30F2N3O4P. The van der Waals surface area contributed by atoms with E-state index in [0.29, 0.717) is 17.1 Å². The molecule has 196 valence electrons. The van der Waals surface area contributed by atoms with Crippen LogP contribution in [0.5, 0.6) is 5.75 Å². The van der Waals surface area contributed by atoms with E-state index >= 15 is 0 Å². The van der Waals surface area contributed by atoms with Crippen LogP contribution in [0.25, 0.3) is 21.8 Å². The second-order valence-electron chi connectivity index (χ2n) is 9.36. The third-order valence-electron chi connectivity index (χ3n) is 6.44. The Hall–Kier alpha value is -3.13. The quantitative estimate of drug-likeness (QED) is 0.129. The smallest absolute Gasteiger partial charge is 0.394 e. The number of rotatable bonds is 10. The normalized spacial score (nSPS) is 12.4. The zero-order valence-corrected chi connectivity index (χ0v) is 21.6. The van der Waals surface area contributed by atoms with Gasteiger partial charge >= 0.3 is 13.3 Å². The van der Waals surface area contributed by atoms with Crippen molar-refractivity contribution in [3.05, 3.63) is 70.9 Å². The van der Waals surface area contributed by atoms with Crippen molar-refractivity contribution >= 4 is 35.2 Å². The van der Waals surface area contributed by atoms with Crippen LogP contribution >= 0.6 is 7.60 Å². The molecule has 10 heteroatoms. The van der Waals surface area contributed by atoms with Crippen LogP contribution in [0.15, 0.2) is 48.7 Å². The fourth-order valence-corrected chi connectivity index (χ4v) is 4.74. The number of pyridine rings is 2. The SMILES string of the molecule is Cc1ccc2c(c1)nc(N)c1ncc(CCc3ccc(OCCCCC(F)(F)P(=O)(O)O)cc3C)cc12. The first-order valence-corrected chi connectivity index (χ1v) is 13.7. The van der Waals surface area contributed by atoms with E-state index in [-0.39, 0.29) is 19.4 Å². The second-order valence-corrected chi connectivity index (χ2v) is 11.1. The number of aryl methyl sites for hydroxylation is 4. The molecule has 0 amide bonds. The maximum Gasteiger partial charge on any atom is 0.394 e. The lowest BCUT2D eigenvalue weighted by Crippen LogP contribution is -2.16. The maximum atomic E-state index is 13.3. The van der Waals surface area contributed by atoms with Gasteiger partial charge in [-0.25, -0.2) is 4.98 Å². The van der Waals surface area contributed by atoms with Crippen LogP contribution in [-0.4, -0.2) is 32.0 Å². The fraction of sp³-hybridized carbons (Fsp3) is 0.333. The van der Waals surface area contributed by atoms with Crippen LogP contribution < -0.4 is 10.5 Å². The second kappa shape index (κ2) is 10.7. The third-order valence-corrected chi connectivity index (χ3v) is 7.51. The number of nitrogens with zero attached hydrogens (tertiary/aromatic N) is 2. The summed E-state index contributed by atoms with van der Waals surface area (Å²) in [5.74, 6) is 1.04. The average molecular weight is 530 g/mol. The highest BCUT2D eigenvalue weighted by Gasteiger charge is 2.47. The Balaban J connectivity index is 1.37. The lowest BCUT2D eigenvalue weighted by atomic mass is 9.99. The van der Waals surface area contributed by atoms with Crippen molar-refractivity contribution in [3.63, 3.8) is 0 Å². The van der Waals surface area contributed by atoms with Gasteiger partial charge in [0.25, 0.3) is 0 Å². The molecule has 7 nitrogen and oxygen atoms in total. The summed E-state index contributed by atoms with van der Waals surface area (Å²) in [7, 11) is -5.43. The van der Waals surface area contributed by atoms with Crippen molar-refractivity contribution in [2.45, 2.75) is 51.6 Å². The van der Waals surface area contributed by atoms with Crippen LogP contribution in [-0.2, 0) is 17.4 Å². The molecule has 4 aromatic rings. The number of hydrogen-bond acceptors (Lipinski definition) is 5. The van der Waals surface area contributed by atoms with Crippen LogP contribution in [0.1, 0.15) is 41.5 Å². The molecule has 0 unspecified atom stereocenters. The molecule has 0 saturated carbocycles. The van der Waals surface area contributed by atoms with Crippen molar-refractivity contribution < 1.29 is 27.9 Å². The van der Waals surface area contributed by atoms with Crippen LogP contribution in [0.4, 0.5) is 14.6 Å². The molecule has 4 rings (SSSR count). The highest BCUT2D eigenvalue weighted by atomic mass is 31.2. The van der Waals surface area contributed by atoms with E-state index in [0.717, 1.165) is 51.4 Å². The van der Waals surface area contributed by atoms with E-state index in [2.05, 4.69) is 28.2 Å². The van der Waals surface area contributed by atoms with Gasteiger partial charge in [0.2, 0.25) is 0 Å². The molecule has 0 spiro atoms. The van der Waals surface area contributed by atoms with E-state index in [1.165, 1.54) is 0 Å². The molecule has 2 aromatic carbocycles. The lowest BCUT2D eigenvalue weighted by Gasteiger charge is -2.17. The Morgan fingerprint density at radius 1 is 1.03 bits per heavy atom. The summed E-state index contributed by atoms with van der Waals surface area (Å²) in [4.78, 5) is 26.4. The largest absolute Gasteiger partial charge is 0.494 e. The summed E-state index contributed by atoms with van der Waals surface area (Å²) in [5.41, 5.74) is 8.12. The first-order chi connectivity index (χ1) is 17.4. The molecule has 0 fully saturated rings. The molecule has 4 N–H and O–H groups in total. The van der Waals surface area contributed by atoms with Crippen LogP contribution in [0, 0.1) is 13.8 Å². The number of aromatic nitrogens is 2. The zero-order chi connectivity index (χ0) is 26.8. The number of ether oxygens (including phenoxy) is 1. The fourth-order valence-electron chi connectivity index (χ4n) is 4.29. The number of alkyl halides is 2. The van der Waals surface area contributed by atoms with E-state index in [1.807, 2.05) is 44.3 Å². The summed E-state index contributed by atoms with van der Waals surface area (Å²) >= 11 is 0. The topological polar surface area (TPSA) is 119 Å². The van der Waals surface area contributed by atoms with Gasteiger partial charge in [0.15, 0.2) is 5.82 Å². The molecule has 2 heterocycles. The molecule has 0 atom stereocenters. The van der Waals surface area contributed by atoms with Crippen molar-refractivity contribution in [1.82, 2.24) is 9.97 Å². The number of hydrogen-bond donors (Lipinski definition) is 3. The minimum Gasteiger partial charge on any atom is -0.494 e. The number of halogens is 2. The third kappa shape index (κ3) is 6.24. The van der Waals surface area contributed by atoms with Crippen LogP contribution in [0.2, 0.25) is 0 Å². The van der Waals surface area contributed by atoms with Crippen LogP contribution in [0.3, 0.4) is 0 Å². The molecule has 0 bridgehead atoms. The number of benzene rings is 2. The van der Waals surface area contributed by atoms with Gasteiger partial charge in [-0.15, -0.1) is 0 Å². The minimum atomic E-state index is -5.43. The Morgan fingerprint density at radius 3 is 2.54 bits per heavy atom. The van der Waals surface area contributed by atoms with Gasteiger partial charge in [0, 0.05) is 23.4 Å². The van der Waals surface area contributed by atoms with Gasteiger partial charge in [0.05, 0.1) is 12.1 Å². The lowest BCUT2D eigenvalue weighted by molar-refractivity contribution is 0.0468. The molecule has 0 radical (unpaired) electrons. The minimum absolute atomic E-state index is 0.0500. The van der Waals surface area contributed by atoms with Gasteiger partial charge < -0.3 is 20.3 Å². The summed E-state index contributed by atoms with van der Waals surface area (Å²) in [5, 5.41) is 2.01. The maximum absolute atomic E-state index is 13.3. The number of nitrogen functional groups attached to an aromatic ring is 1. The Bertz CT molecular complexity index is 1490. The number of unbranched alkanes of at least 4 members (excludes halogenated alkanes) is 1. The summed E-state index contributed by atoms with van der Waals surface area (Å²) in [6.45, 7) is 4.19. The predicted octanol–water partition coefficient (Wildman–Crippen LogP) is 6.09. The number of nitrogens with two attached hydrogens (primary N) is 1. The average Bonchev–Trinajstić information content (AvgIpc) is 2.82. The van der Waals surface area contributed by atoms with Gasteiger partial charge in [-0.1, -0.05) is 18.2 Å². The Labute approximate surface area is 213 Å². The number of fused-ring (bicyclic) bond motifs is 3. The molecular weight excluding hydrogens is 499 g/mol. The van der Waals surface area contributed by atoms with Gasteiger partial charge in [-0.2, -0.15) is 8.78 Å². The summed E-state index contributed by atoms with van der Waals surface area (Å²) in [6.07, 6.45) is 2.76. The van der Waals surface area contributed by atoms with Crippen molar-refractivity contribution in [3.8, 4) is 5.75 Å². The first kappa shape index (κ1) is 26.9. The van der Waals surface area contributed by atoms with E-state index < -0.39 is 19.7 Å². The van der Waals surface area contributed by atoms with E-state index in [4.69, 9.17) is 20.3 Å². The number of anilines is 1. The summed E-state index contributed by atoms with van der Waals surface area (Å²) in [6, 6.07) is 14.0. The first-order valence-electron chi connectivity index (χ1n) is 12.0. The Morgan fingerprint density at radius 2 is 1.81 bits per heavy atom.